The molecule has 0 radical (unpaired) electrons. The van der Waals surface area contributed by atoms with Crippen LogP contribution < -0.4 is 0 Å². The molecule has 3 aromatic heterocycles. The van der Waals surface area contributed by atoms with Gasteiger partial charge in [-0.15, -0.1) is 0 Å². The number of para-hydroxylation sites is 3. The summed E-state index contributed by atoms with van der Waals surface area (Å²) in [4.78, 5) is 20.0. The molecular weight excluding hydrogens is 757 g/mol. The standard InChI is InChI=1S/C56H38N6/c1-4-15-37(16-5-1)54-58-55(38-17-6-2-7-18-38)60-56(59-54)42-31-32-57-49(35-42)41-28-30-52-48(34-41)46-24-11-13-26-51(46)62(52)44-22-14-19-39(33-44)40-27-29-47-45-23-10-12-25-50(45)61(53(47)36-40)43-20-8-3-9-21-43/h1-30,32-36,42H,31H2. The summed E-state index contributed by atoms with van der Waals surface area (Å²) in [5.41, 5.74) is 13.2. The van der Waals surface area contributed by atoms with E-state index in [4.69, 9.17) is 19.9 Å². The van der Waals surface area contributed by atoms with Crippen molar-refractivity contribution in [2.45, 2.75) is 12.3 Å². The Bertz CT molecular complexity index is 3490. The second kappa shape index (κ2) is 14.8. The molecule has 62 heavy (non-hydrogen) atoms. The Hall–Kier alpha value is -8.22. The molecule has 0 amide bonds. The van der Waals surface area contributed by atoms with E-state index in [0.29, 0.717) is 18.1 Å². The van der Waals surface area contributed by atoms with Gasteiger partial charge in [-0.1, -0.05) is 146 Å². The summed E-state index contributed by atoms with van der Waals surface area (Å²) in [6, 6.07) is 70.8. The number of aliphatic imine (C=N–C) groups is 1. The van der Waals surface area contributed by atoms with Gasteiger partial charge >= 0.3 is 0 Å². The van der Waals surface area contributed by atoms with Gasteiger partial charge in [0, 0.05) is 61.7 Å². The number of hydrogen-bond donors (Lipinski definition) is 0. The molecule has 1 aliphatic rings. The Labute approximate surface area is 358 Å². The molecule has 0 bridgehead atoms. The average molecular weight is 795 g/mol. The first-order valence-corrected chi connectivity index (χ1v) is 21.1. The molecule has 8 aromatic carbocycles. The fourth-order valence-electron chi connectivity index (χ4n) is 9.15. The molecule has 1 aliphatic heterocycles. The van der Waals surface area contributed by atoms with E-state index in [1.54, 1.807) is 0 Å². The van der Waals surface area contributed by atoms with E-state index < -0.39 is 0 Å². The van der Waals surface area contributed by atoms with Crippen molar-refractivity contribution in [3.05, 3.63) is 218 Å². The highest BCUT2D eigenvalue weighted by atomic mass is 15.0. The van der Waals surface area contributed by atoms with E-state index in [9.17, 15) is 0 Å². The fourth-order valence-corrected chi connectivity index (χ4v) is 9.15. The predicted octanol–water partition coefficient (Wildman–Crippen LogP) is 13.7. The number of aromatic nitrogens is 5. The second-order valence-electron chi connectivity index (χ2n) is 15.8. The molecule has 0 N–H and O–H groups in total. The number of allylic oxidation sites excluding steroid dienone is 1. The summed E-state index contributed by atoms with van der Waals surface area (Å²) in [5.74, 6) is 2.00. The maximum Gasteiger partial charge on any atom is 0.163 e. The monoisotopic (exact) mass is 794 g/mol. The fraction of sp³-hybridized carbons (Fsp3) is 0.0357. The molecule has 0 spiro atoms. The van der Waals surface area contributed by atoms with Crippen LogP contribution in [0.15, 0.2) is 211 Å². The summed E-state index contributed by atoms with van der Waals surface area (Å²) >= 11 is 0. The van der Waals surface area contributed by atoms with Gasteiger partial charge in [0.2, 0.25) is 0 Å². The molecule has 11 aromatic rings. The van der Waals surface area contributed by atoms with Gasteiger partial charge in [0.15, 0.2) is 11.6 Å². The zero-order valence-corrected chi connectivity index (χ0v) is 33.7. The zero-order chi connectivity index (χ0) is 41.0. The Balaban J connectivity index is 0.940. The normalized spacial score (nSPS) is 13.9. The lowest BCUT2D eigenvalue weighted by molar-refractivity contribution is 0.788. The molecule has 1 unspecified atom stereocenters. The van der Waals surface area contributed by atoms with Gasteiger partial charge in [0.25, 0.3) is 0 Å². The molecule has 6 nitrogen and oxygen atoms in total. The van der Waals surface area contributed by atoms with Crippen LogP contribution in [0.5, 0.6) is 0 Å². The van der Waals surface area contributed by atoms with Gasteiger partial charge in [-0.2, -0.15) is 0 Å². The van der Waals surface area contributed by atoms with Crippen molar-refractivity contribution in [1.29, 1.82) is 0 Å². The van der Waals surface area contributed by atoms with Crippen LogP contribution in [0.3, 0.4) is 0 Å². The molecule has 12 rings (SSSR count). The van der Waals surface area contributed by atoms with E-state index in [-0.39, 0.29) is 5.92 Å². The highest BCUT2D eigenvalue weighted by Gasteiger charge is 2.22. The summed E-state index contributed by atoms with van der Waals surface area (Å²) in [5, 5.41) is 4.86. The zero-order valence-electron chi connectivity index (χ0n) is 33.7. The Morgan fingerprint density at radius 2 is 0.903 bits per heavy atom. The van der Waals surface area contributed by atoms with Gasteiger partial charge in [-0.05, 0) is 78.2 Å². The third-order valence-electron chi connectivity index (χ3n) is 12.1. The number of benzene rings is 8. The molecular formula is C56H38N6. The van der Waals surface area contributed by atoms with Crippen LogP contribution in [0, 0.1) is 0 Å². The Morgan fingerprint density at radius 3 is 1.61 bits per heavy atom. The van der Waals surface area contributed by atoms with Crippen molar-refractivity contribution in [2.24, 2.45) is 4.99 Å². The molecule has 0 fully saturated rings. The van der Waals surface area contributed by atoms with Crippen LogP contribution in [0.2, 0.25) is 0 Å². The minimum atomic E-state index is -0.0663. The van der Waals surface area contributed by atoms with Crippen molar-refractivity contribution in [3.8, 4) is 45.3 Å². The summed E-state index contributed by atoms with van der Waals surface area (Å²) < 4.78 is 4.77. The van der Waals surface area contributed by atoms with Crippen LogP contribution >= 0.6 is 0 Å². The molecule has 6 heteroatoms. The van der Waals surface area contributed by atoms with Crippen LogP contribution in [0.25, 0.3) is 94.6 Å². The summed E-state index contributed by atoms with van der Waals surface area (Å²) in [6.07, 6.45) is 4.93. The van der Waals surface area contributed by atoms with E-state index in [2.05, 4.69) is 155 Å². The average Bonchev–Trinajstić information content (AvgIpc) is 3.87. The van der Waals surface area contributed by atoms with Crippen LogP contribution in [0.4, 0.5) is 0 Å². The molecule has 0 saturated carbocycles. The Kier molecular flexibility index (Phi) is 8.52. The lowest BCUT2D eigenvalue weighted by atomic mass is 9.97. The van der Waals surface area contributed by atoms with E-state index in [1.165, 1.54) is 38.1 Å². The molecule has 0 saturated heterocycles. The van der Waals surface area contributed by atoms with Crippen LogP contribution in [-0.2, 0) is 0 Å². The number of rotatable bonds is 7. The first-order chi connectivity index (χ1) is 30.7. The molecule has 1 atom stereocenters. The maximum atomic E-state index is 5.05. The van der Waals surface area contributed by atoms with Crippen LogP contribution in [0.1, 0.15) is 23.7 Å². The van der Waals surface area contributed by atoms with Gasteiger partial charge in [0.05, 0.1) is 27.8 Å². The Morgan fingerprint density at radius 1 is 0.371 bits per heavy atom. The van der Waals surface area contributed by atoms with Crippen molar-refractivity contribution in [1.82, 2.24) is 24.1 Å². The smallest absolute Gasteiger partial charge is 0.163 e. The SMILES string of the molecule is C1=NC(c2ccc3c(c2)c2ccccc2n3-c2cccc(-c3ccc4c5ccccc5n(-c5ccccc5)c4c3)c2)=CC(c2nc(-c3ccccc3)nc(-c3ccccc3)n2)C1. The predicted molar refractivity (Wildman–Crippen MR) is 255 cm³/mol. The first kappa shape index (κ1) is 35.7. The highest BCUT2D eigenvalue weighted by Crippen LogP contribution is 2.39. The van der Waals surface area contributed by atoms with E-state index >= 15 is 0 Å². The summed E-state index contributed by atoms with van der Waals surface area (Å²) in [6.45, 7) is 0. The topological polar surface area (TPSA) is 60.9 Å². The maximum absolute atomic E-state index is 5.05. The minimum absolute atomic E-state index is 0.0663. The van der Waals surface area contributed by atoms with Crippen LogP contribution in [-0.4, -0.2) is 30.3 Å². The quantitative estimate of drug-likeness (QED) is 0.161. The third-order valence-corrected chi connectivity index (χ3v) is 12.1. The van der Waals surface area contributed by atoms with Crippen molar-refractivity contribution < 1.29 is 0 Å². The largest absolute Gasteiger partial charge is 0.309 e. The second-order valence-corrected chi connectivity index (χ2v) is 15.8. The van der Waals surface area contributed by atoms with E-state index in [1.807, 2.05) is 66.9 Å². The number of fused-ring (bicyclic) bond motifs is 6. The molecule has 4 heterocycles. The van der Waals surface area contributed by atoms with Gasteiger partial charge in [-0.3, -0.25) is 4.99 Å². The van der Waals surface area contributed by atoms with Gasteiger partial charge in [0.1, 0.15) is 5.82 Å². The van der Waals surface area contributed by atoms with Crippen molar-refractivity contribution in [2.75, 3.05) is 0 Å². The third kappa shape index (κ3) is 6.11. The number of hydrogen-bond acceptors (Lipinski definition) is 4. The van der Waals surface area contributed by atoms with Gasteiger partial charge < -0.3 is 9.13 Å². The van der Waals surface area contributed by atoms with E-state index in [0.717, 1.165) is 56.2 Å². The van der Waals surface area contributed by atoms with Gasteiger partial charge in [-0.25, -0.2) is 15.0 Å². The first-order valence-electron chi connectivity index (χ1n) is 21.1. The molecule has 0 aliphatic carbocycles. The van der Waals surface area contributed by atoms with Crippen molar-refractivity contribution >= 4 is 55.5 Å². The summed E-state index contributed by atoms with van der Waals surface area (Å²) in [7, 11) is 0. The minimum Gasteiger partial charge on any atom is -0.309 e. The molecule has 292 valence electrons. The highest BCUT2D eigenvalue weighted by molar-refractivity contribution is 6.11. The lowest BCUT2D eigenvalue weighted by Gasteiger charge is -2.17. The number of nitrogens with zero attached hydrogens (tertiary/aromatic N) is 6. The lowest BCUT2D eigenvalue weighted by Crippen LogP contribution is -2.10. The van der Waals surface area contributed by atoms with Crippen molar-refractivity contribution in [3.63, 3.8) is 0 Å².